The highest BCUT2D eigenvalue weighted by molar-refractivity contribution is 6.31. The van der Waals surface area contributed by atoms with Crippen LogP contribution in [0, 0.1) is 5.41 Å². The van der Waals surface area contributed by atoms with Gasteiger partial charge >= 0.3 is 0 Å². The van der Waals surface area contributed by atoms with Gasteiger partial charge in [0.25, 0.3) is 0 Å². The van der Waals surface area contributed by atoms with E-state index in [9.17, 15) is 0 Å². The lowest BCUT2D eigenvalue weighted by Gasteiger charge is -2.44. The fraction of sp³-hybridized carbons (Fsp3) is 0.533. The molecule has 5 heteroatoms. The van der Waals surface area contributed by atoms with Gasteiger partial charge in [-0.2, -0.15) is 5.10 Å². The standard InChI is InChI=1S/C15H17ClN4/c16-9-3-12-10(6-18-19-12)13(4-9)20-8-15-2-1-11(17-7-15)14(20)5-15/h3-4,6,11,14,17H,1-2,5,7-8H2,(H,18,19)/t11-,14?,15?/m0/s1. The highest BCUT2D eigenvalue weighted by Crippen LogP contribution is 2.51. The van der Waals surface area contributed by atoms with Crippen LogP contribution >= 0.6 is 11.6 Å². The van der Waals surface area contributed by atoms with Crippen LogP contribution in [-0.2, 0) is 0 Å². The number of rotatable bonds is 1. The van der Waals surface area contributed by atoms with Crippen molar-refractivity contribution in [2.24, 2.45) is 5.41 Å². The van der Waals surface area contributed by atoms with Crippen LogP contribution in [0.15, 0.2) is 18.3 Å². The van der Waals surface area contributed by atoms with Crippen LogP contribution in [0.4, 0.5) is 5.69 Å². The van der Waals surface area contributed by atoms with Crippen molar-refractivity contribution in [1.29, 1.82) is 0 Å². The Labute approximate surface area is 122 Å². The molecule has 1 aliphatic carbocycles. The van der Waals surface area contributed by atoms with Gasteiger partial charge in [0.2, 0.25) is 0 Å². The van der Waals surface area contributed by atoms with Crippen LogP contribution in [-0.4, -0.2) is 35.4 Å². The lowest BCUT2D eigenvalue weighted by Crippen LogP contribution is -2.55. The Morgan fingerprint density at radius 1 is 1.40 bits per heavy atom. The molecular formula is C15H17ClN4. The summed E-state index contributed by atoms with van der Waals surface area (Å²) in [7, 11) is 0. The van der Waals surface area contributed by atoms with Crippen molar-refractivity contribution in [3.63, 3.8) is 0 Å². The minimum absolute atomic E-state index is 0.484. The maximum absolute atomic E-state index is 6.30. The van der Waals surface area contributed by atoms with Gasteiger partial charge in [0.1, 0.15) is 0 Å². The third-order valence-corrected chi connectivity index (χ3v) is 5.77. The van der Waals surface area contributed by atoms with Crippen LogP contribution in [0.3, 0.4) is 0 Å². The molecule has 6 rings (SSSR count). The number of aromatic nitrogens is 2. The fourth-order valence-electron chi connectivity index (χ4n) is 4.59. The van der Waals surface area contributed by atoms with Gasteiger partial charge in [0.05, 0.1) is 11.7 Å². The molecule has 0 amide bonds. The second-order valence-electron chi connectivity index (χ2n) is 6.68. The second-order valence-corrected chi connectivity index (χ2v) is 7.12. The summed E-state index contributed by atoms with van der Waals surface area (Å²) in [5.41, 5.74) is 2.77. The molecule has 3 aliphatic heterocycles. The van der Waals surface area contributed by atoms with Crippen molar-refractivity contribution < 1.29 is 0 Å². The highest BCUT2D eigenvalue weighted by Gasteiger charge is 2.54. The number of benzene rings is 1. The average molecular weight is 289 g/mol. The van der Waals surface area contributed by atoms with Crippen molar-refractivity contribution >= 4 is 28.2 Å². The van der Waals surface area contributed by atoms with Gasteiger partial charge < -0.3 is 10.2 Å². The first-order valence-corrected chi connectivity index (χ1v) is 7.75. The van der Waals surface area contributed by atoms with E-state index < -0.39 is 0 Å². The topological polar surface area (TPSA) is 44.0 Å². The lowest BCUT2D eigenvalue weighted by atomic mass is 9.70. The molecule has 4 heterocycles. The Hall–Kier alpha value is -1.26. The summed E-state index contributed by atoms with van der Waals surface area (Å²) < 4.78 is 0. The van der Waals surface area contributed by atoms with E-state index in [-0.39, 0.29) is 0 Å². The predicted octanol–water partition coefficient (Wildman–Crippen LogP) is 2.55. The summed E-state index contributed by atoms with van der Waals surface area (Å²) >= 11 is 6.30. The Morgan fingerprint density at radius 2 is 2.35 bits per heavy atom. The SMILES string of the molecule is Clc1cc(N2CC34CC[C@H](NC3)C2C4)c2cn[nH]c2c1. The molecule has 1 aromatic heterocycles. The van der Waals surface area contributed by atoms with Gasteiger partial charge in [-0.05, 0) is 31.4 Å². The third-order valence-electron chi connectivity index (χ3n) is 5.55. The molecule has 2 N–H and O–H groups in total. The predicted molar refractivity (Wildman–Crippen MR) is 80.3 cm³/mol. The number of nitrogens with one attached hydrogen (secondary N) is 2. The van der Waals surface area contributed by atoms with E-state index >= 15 is 0 Å². The molecule has 2 unspecified atom stereocenters. The first-order chi connectivity index (χ1) is 9.74. The van der Waals surface area contributed by atoms with Crippen molar-refractivity contribution in [2.45, 2.75) is 31.3 Å². The molecule has 104 valence electrons. The normalized spacial score (nSPS) is 35.1. The molecule has 4 aliphatic rings. The summed E-state index contributed by atoms with van der Waals surface area (Å²) in [6.45, 7) is 2.33. The Balaban J connectivity index is 1.68. The first kappa shape index (κ1) is 11.4. The van der Waals surface area contributed by atoms with Crippen LogP contribution in [0.2, 0.25) is 5.02 Å². The van der Waals surface area contributed by atoms with E-state index in [4.69, 9.17) is 11.6 Å². The highest BCUT2D eigenvalue weighted by atomic mass is 35.5. The minimum Gasteiger partial charge on any atom is -0.366 e. The minimum atomic E-state index is 0.484. The number of anilines is 1. The summed E-state index contributed by atoms with van der Waals surface area (Å²) in [5.74, 6) is 0. The number of fused-ring (bicyclic) bond motifs is 3. The molecule has 4 fully saturated rings. The zero-order valence-electron chi connectivity index (χ0n) is 11.2. The number of hydrogen-bond acceptors (Lipinski definition) is 3. The third kappa shape index (κ3) is 1.38. The van der Waals surface area contributed by atoms with Gasteiger partial charge in [-0.3, -0.25) is 5.10 Å². The molecule has 3 bridgehead atoms. The van der Waals surface area contributed by atoms with E-state index in [0.29, 0.717) is 17.5 Å². The number of H-pyrrole nitrogens is 1. The molecule has 20 heavy (non-hydrogen) atoms. The Morgan fingerprint density at radius 3 is 3.15 bits per heavy atom. The van der Waals surface area contributed by atoms with E-state index in [1.165, 1.54) is 36.9 Å². The quantitative estimate of drug-likeness (QED) is 0.848. The van der Waals surface area contributed by atoms with Gasteiger partial charge in [0, 0.05) is 46.7 Å². The lowest BCUT2D eigenvalue weighted by molar-refractivity contribution is 0.140. The first-order valence-electron chi connectivity index (χ1n) is 7.37. The zero-order chi connectivity index (χ0) is 13.3. The van der Waals surface area contributed by atoms with Gasteiger partial charge in [-0.25, -0.2) is 0 Å². The van der Waals surface area contributed by atoms with Gasteiger partial charge in [0.15, 0.2) is 0 Å². The van der Waals surface area contributed by atoms with Crippen LogP contribution < -0.4 is 10.2 Å². The maximum atomic E-state index is 6.30. The van der Waals surface area contributed by atoms with Crippen LogP contribution in [0.5, 0.6) is 0 Å². The van der Waals surface area contributed by atoms with Crippen molar-refractivity contribution in [3.8, 4) is 0 Å². The van der Waals surface area contributed by atoms with Gasteiger partial charge in [-0.15, -0.1) is 0 Å². The molecule has 0 radical (unpaired) electrons. The van der Waals surface area contributed by atoms with Crippen molar-refractivity contribution in [2.75, 3.05) is 18.0 Å². The largest absolute Gasteiger partial charge is 0.366 e. The van der Waals surface area contributed by atoms with Gasteiger partial charge in [-0.1, -0.05) is 11.6 Å². The smallest absolute Gasteiger partial charge is 0.0686 e. The summed E-state index contributed by atoms with van der Waals surface area (Å²) in [4.78, 5) is 2.58. The maximum Gasteiger partial charge on any atom is 0.0686 e. The molecule has 1 spiro atoms. The Bertz CT molecular complexity index is 686. The molecule has 1 saturated carbocycles. The van der Waals surface area contributed by atoms with E-state index in [2.05, 4.69) is 26.5 Å². The molecule has 2 aromatic rings. The number of hydrogen-bond donors (Lipinski definition) is 2. The fourth-order valence-corrected chi connectivity index (χ4v) is 4.81. The van der Waals surface area contributed by atoms with E-state index in [1.807, 2.05) is 12.3 Å². The molecule has 3 atom stereocenters. The summed E-state index contributed by atoms with van der Waals surface area (Å²) in [6.07, 6.45) is 5.94. The number of piperidine rings is 2. The van der Waals surface area contributed by atoms with Crippen molar-refractivity contribution in [3.05, 3.63) is 23.4 Å². The monoisotopic (exact) mass is 288 g/mol. The van der Waals surface area contributed by atoms with Crippen LogP contribution in [0.25, 0.3) is 10.9 Å². The molecule has 3 saturated heterocycles. The summed E-state index contributed by atoms with van der Waals surface area (Å²) in [5, 5.41) is 12.9. The summed E-state index contributed by atoms with van der Waals surface area (Å²) in [6, 6.07) is 5.33. The average Bonchev–Trinajstić information content (AvgIpc) is 3.00. The molecule has 1 aromatic carbocycles. The molecular weight excluding hydrogens is 272 g/mol. The van der Waals surface area contributed by atoms with E-state index in [0.717, 1.165) is 17.1 Å². The number of halogens is 1. The molecule has 4 nitrogen and oxygen atoms in total. The van der Waals surface area contributed by atoms with Crippen molar-refractivity contribution in [1.82, 2.24) is 15.5 Å². The second kappa shape index (κ2) is 3.68. The number of aromatic amines is 1. The van der Waals surface area contributed by atoms with Crippen LogP contribution in [0.1, 0.15) is 19.3 Å². The zero-order valence-corrected chi connectivity index (χ0v) is 12.0. The Kier molecular flexibility index (Phi) is 2.10. The van der Waals surface area contributed by atoms with E-state index in [1.54, 1.807) is 0 Å². The number of nitrogens with zero attached hydrogens (tertiary/aromatic N) is 2.